The monoisotopic (exact) mass is 144 g/mol. The van der Waals surface area contributed by atoms with Crippen molar-refractivity contribution in [3.8, 4) is 0 Å². The van der Waals surface area contributed by atoms with E-state index in [1.807, 2.05) is 0 Å². The van der Waals surface area contributed by atoms with E-state index in [0.29, 0.717) is 13.0 Å². The van der Waals surface area contributed by atoms with E-state index < -0.39 is 12.1 Å². The van der Waals surface area contributed by atoms with E-state index in [2.05, 4.69) is 10.1 Å². The minimum atomic E-state index is -0.455. The van der Waals surface area contributed by atoms with Crippen LogP contribution in [-0.4, -0.2) is 36.9 Å². The minimum Gasteiger partial charge on any atom is -0.468 e. The van der Waals surface area contributed by atoms with Gasteiger partial charge in [-0.2, -0.15) is 0 Å². The molecule has 1 N–H and O–H groups in total. The van der Waals surface area contributed by atoms with E-state index in [1.165, 1.54) is 7.11 Å². The molecule has 1 radical (unpaired) electrons. The zero-order valence-corrected chi connectivity index (χ0v) is 5.78. The second kappa shape index (κ2) is 2.98. The van der Waals surface area contributed by atoms with Gasteiger partial charge in [-0.25, -0.2) is 5.32 Å². The third-order valence-electron chi connectivity index (χ3n) is 1.51. The van der Waals surface area contributed by atoms with Crippen molar-refractivity contribution in [1.29, 1.82) is 0 Å². The third-order valence-corrected chi connectivity index (χ3v) is 1.51. The highest BCUT2D eigenvalue weighted by atomic mass is 16.5. The molecule has 0 aliphatic carbocycles. The molecule has 57 valence electrons. The Morgan fingerprint density at radius 2 is 2.50 bits per heavy atom. The highest BCUT2D eigenvalue weighted by molar-refractivity contribution is 5.76. The lowest BCUT2D eigenvalue weighted by molar-refractivity contribution is -0.142. The van der Waals surface area contributed by atoms with Gasteiger partial charge in [0.25, 0.3) is 0 Å². The Labute approximate surface area is 59.2 Å². The summed E-state index contributed by atoms with van der Waals surface area (Å²) in [6.07, 6.45) is -0.0451. The molecule has 0 aromatic carbocycles. The third kappa shape index (κ3) is 1.46. The van der Waals surface area contributed by atoms with E-state index in [-0.39, 0.29) is 5.97 Å². The zero-order chi connectivity index (χ0) is 7.56. The molecule has 1 rings (SSSR count). The number of esters is 1. The lowest BCUT2D eigenvalue weighted by Crippen LogP contribution is -2.26. The second-order valence-electron chi connectivity index (χ2n) is 2.29. The molecule has 4 nitrogen and oxygen atoms in total. The zero-order valence-electron chi connectivity index (χ0n) is 5.78. The van der Waals surface area contributed by atoms with Crippen LogP contribution in [0.2, 0.25) is 0 Å². The molecule has 1 saturated heterocycles. The maximum Gasteiger partial charge on any atom is 0.324 e. The van der Waals surface area contributed by atoms with Crippen molar-refractivity contribution in [2.75, 3.05) is 13.7 Å². The second-order valence-corrected chi connectivity index (χ2v) is 2.29. The van der Waals surface area contributed by atoms with E-state index in [9.17, 15) is 4.79 Å². The number of carbonyl (C=O) groups excluding carboxylic acids is 1. The van der Waals surface area contributed by atoms with Crippen molar-refractivity contribution >= 4 is 5.97 Å². The molecule has 1 heterocycles. The van der Waals surface area contributed by atoms with Crippen LogP contribution < -0.4 is 5.32 Å². The molecule has 0 amide bonds. The quantitative estimate of drug-likeness (QED) is 0.475. The molecule has 0 aromatic heterocycles. The van der Waals surface area contributed by atoms with Crippen LogP contribution in [0.4, 0.5) is 0 Å². The summed E-state index contributed by atoms with van der Waals surface area (Å²) in [6, 6.07) is -0.431. The normalized spacial score (nSPS) is 32.2. The fourth-order valence-electron chi connectivity index (χ4n) is 0.963. The van der Waals surface area contributed by atoms with Gasteiger partial charge in [-0.05, 0) is 0 Å². The predicted octanol–water partition coefficient (Wildman–Crippen LogP) is -1.10. The summed E-state index contributed by atoms with van der Waals surface area (Å²) in [7, 11) is 1.32. The average molecular weight is 144 g/mol. The molecule has 0 saturated carbocycles. The molecule has 1 aliphatic rings. The molecule has 0 spiro atoms. The van der Waals surface area contributed by atoms with E-state index >= 15 is 0 Å². The van der Waals surface area contributed by atoms with Crippen LogP contribution in [0.3, 0.4) is 0 Å². The first kappa shape index (κ1) is 7.50. The first-order valence-corrected chi connectivity index (χ1v) is 3.16. The standard InChI is InChI=1S/C6H10NO3/c1-10-6(9)5-2-4(8)3-7-5/h4-5,8H,2-3H2,1H3/t4-,5+/m1/s1. The minimum absolute atomic E-state index is 0.350. The first-order chi connectivity index (χ1) is 4.74. The fraction of sp³-hybridized carbons (Fsp3) is 0.833. The highest BCUT2D eigenvalue weighted by Crippen LogP contribution is 2.08. The van der Waals surface area contributed by atoms with Gasteiger partial charge < -0.3 is 9.84 Å². The highest BCUT2D eigenvalue weighted by Gasteiger charge is 2.29. The number of carbonyl (C=O) groups is 1. The number of methoxy groups -OCH3 is 1. The number of hydrogen-bond donors (Lipinski definition) is 1. The van der Waals surface area contributed by atoms with E-state index in [1.54, 1.807) is 0 Å². The van der Waals surface area contributed by atoms with Crippen molar-refractivity contribution in [2.24, 2.45) is 0 Å². The molecule has 1 fully saturated rings. The summed E-state index contributed by atoms with van der Waals surface area (Å²) in [6.45, 7) is 0.361. The summed E-state index contributed by atoms with van der Waals surface area (Å²) >= 11 is 0. The van der Waals surface area contributed by atoms with Gasteiger partial charge in [0.2, 0.25) is 0 Å². The predicted molar refractivity (Wildman–Crippen MR) is 33.4 cm³/mol. The molecular weight excluding hydrogens is 134 g/mol. The number of hydrogen-bond acceptors (Lipinski definition) is 3. The number of rotatable bonds is 1. The Kier molecular flexibility index (Phi) is 2.24. The fourth-order valence-corrected chi connectivity index (χ4v) is 0.963. The molecule has 1 aliphatic heterocycles. The summed E-state index contributed by atoms with van der Waals surface area (Å²) in [5.74, 6) is -0.350. The number of aliphatic hydroxyl groups is 1. The van der Waals surface area contributed by atoms with Gasteiger partial charge in [0, 0.05) is 13.0 Å². The van der Waals surface area contributed by atoms with Gasteiger partial charge in [0.05, 0.1) is 13.2 Å². The van der Waals surface area contributed by atoms with Crippen molar-refractivity contribution in [3.63, 3.8) is 0 Å². The molecular formula is C6H10NO3. The Hall–Kier alpha value is -0.610. The molecule has 0 unspecified atom stereocenters. The van der Waals surface area contributed by atoms with Crippen LogP contribution in [0.5, 0.6) is 0 Å². The summed E-state index contributed by atoms with van der Waals surface area (Å²) in [4.78, 5) is 10.7. The van der Waals surface area contributed by atoms with Gasteiger partial charge in [-0.15, -0.1) is 0 Å². The van der Waals surface area contributed by atoms with Crippen LogP contribution in [-0.2, 0) is 9.53 Å². The Morgan fingerprint density at radius 1 is 1.80 bits per heavy atom. The Balaban J connectivity index is 2.37. The van der Waals surface area contributed by atoms with Gasteiger partial charge in [-0.3, -0.25) is 4.79 Å². The van der Waals surface area contributed by atoms with Crippen molar-refractivity contribution in [3.05, 3.63) is 0 Å². The van der Waals surface area contributed by atoms with Gasteiger partial charge >= 0.3 is 5.97 Å². The van der Waals surface area contributed by atoms with Gasteiger partial charge in [0.1, 0.15) is 6.04 Å². The molecule has 0 aromatic rings. The van der Waals surface area contributed by atoms with Crippen molar-refractivity contribution in [1.82, 2.24) is 5.32 Å². The van der Waals surface area contributed by atoms with Crippen LogP contribution in [0, 0.1) is 0 Å². The van der Waals surface area contributed by atoms with E-state index in [0.717, 1.165) is 0 Å². The lowest BCUT2D eigenvalue weighted by atomic mass is 10.2. The van der Waals surface area contributed by atoms with Crippen LogP contribution in [0.1, 0.15) is 6.42 Å². The Morgan fingerprint density at radius 3 is 2.90 bits per heavy atom. The lowest BCUT2D eigenvalue weighted by Gasteiger charge is -2.03. The maximum atomic E-state index is 10.7. The van der Waals surface area contributed by atoms with Crippen LogP contribution >= 0.6 is 0 Å². The summed E-state index contributed by atoms with van der Waals surface area (Å²) < 4.78 is 4.44. The molecule has 4 heteroatoms. The van der Waals surface area contributed by atoms with Crippen LogP contribution in [0.15, 0.2) is 0 Å². The average Bonchev–Trinajstić information content (AvgIpc) is 2.34. The molecule has 2 atom stereocenters. The molecule has 0 bridgehead atoms. The first-order valence-electron chi connectivity index (χ1n) is 3.16. The van der Waals surface area contributed by atoms with Crippen molar-refractivity contribution in [2.45, 2.75) is 18.6 Å². The van der Waals surface area contributed by atoms with Gasteiger partial charge in [0.15, 0.2) is 0 Å². The van der Waals surface area contributed by atoms with Gasteiger partial charge in [-0.1, -0.05) is 0 Å². The largest absolute Gasteiger partial charge is 0.468 e. The smallest absolute Gasteiger partial charge is 0.324 e. The number of aliphatic hydroxyl groups excluding tert-OH is 1. The summed E-state index contributed by atoms with van der Waals surface area (Å²) in [5.41, 5.74) is 0. The SMILES string of the molecule is COC(=O)[C@@H]1C[C@@H](O)C[N]1. The Bertz CT molecular complexity index is 137. The number of nitrogens with zero attached hydrogens (tertiary/aromatic N) is 1. The molecule has 10 heavy (non-hydrogen) atoms. The number of ether oxygens (including phenoxy) is 1. The summed E-state index contributed by atoms with van der Waals surface area (Å²) in [5, 5.41) is 12.8. The van der Waals surface area contributed by atoms with Crippen LogP contribution in [0.25, 0.3) is 0 Å². The topological polar surface area (TPSA) is 60.6 Å². The van der Waals surface area contributed by atoms with E-state index in [4.69, 9.17) is 5.11 Å². The maximum absolute atomic E-state index is 10.7. The van der Waals surface area contributed by atoms with Crippen molar-refractivity contribution < 1.29 is 14.6 Å².